The fraction of sp³-hybridized carbons (Fsp3) is 0.273. The summed E-state index contributed by atoms with van der Waals surface area (Å²) >= 11 is 0. The zero-order valence-electron chi connectivity index (χ0n) is 14.9. The molecule has 2 N–H and O–H groups in total. The van der Waals surface area contributed by atoms with E-state index in [4.69, 9.17) is 0 Å². The van der Waals surface area contributed by atoms with Crippen LogP contribution in [0.1, 0.15) is 41.8 Å². The second kappa shape index (κ2) is 7.56. The molecule has 1 aromatic heterocycles. The highest BCUT2D eigenvalue weighted by atomic mass is 19.1. The number of halogens is 1. The minimum atomic E-state index is -1.15. The fourth-order valence-corrected chi connectivity index (χ4v) is 4.10. The van der Waals surface area contributed by atoms with Crippen LogP contribution in [0.15, 0.2) is 54.7 Å². The Morgan fingerprint density at radius 1 is 1.21 bits per heavy atom. The number of benzene rings is 2. The van der Waals surface area contributed by atoms with Crippen molar-refractivity contribution in [2.75, 3.05) is 0 Å². The van der Waals surface area contributed by atoms with Crippen LogP contribution in [-0.2, 0) is 23.2 Å². The summed E-state index contributed by atoms with van der Waals surface area (Å²) in [5.41, 5.74) is 4.24. The van der Waals surface area contributed by atoms with Gasteiger partial charge in [0, 0.05) is 11.8 Å². The number of nitrogens with zero attached hydrogens (tertiary/aromatic N) is 2. The van der Waals surface area contributed by atoms with Gasteiger partial charge < -0.3 is 0 Å². The van der Waals surface area contributed by atoms with E-state index in [0.29, 0.717) is 30.5 Å². The number of amides is 1. The number of carbonyl (C=O) groups is 1. The predicted octanol–water partition coefficient (Wildman–Crippen LogP) is 3.75. The number of fused-ring (bicyclic) bond motifs is 1. The summed E-state index contributed by atoms with van der Waals surface area (Å²) in [6.07, 6.45) is 2.86. The van der Waals surface area contributed by atoms with Gasteiger partial charge in [-0.05, 0) is 42.5 Å². The van der Waals surface area contributed by atoms with Crippen LogP contribution in [0.3, 0.4) is 0 Å². The third-order valence-corrected chi connectivity index (χ3v) is 5.44. The number of hydroxylamine groups is 1. The van der Waals surface area contributed by atoms with Gasteiger partial charge in [0.2, 0.25) is 0 Å². The highest BCUT2D eigenvalue weighted by Crippen LogP contribution is 2.45. The van der Waals surface area contributed by atoms with Crippen molar-refractivity contribution in [3.8, 4) is 0 Å². The van der Waals surface area contributed by atoms with Crippen LogP contribution in [0, 0.1) is 12.7 Å². The van der Waals surface area contributed by atoms with Gasteiger partial charge >= 0.3 is 0 Å². The number of rotatable bonds is 4. The van der Waals surface area contributed by atoms with Gasteiger partial charge in [0.15, 0.2) is 0 Å². The van der Waals surface area contributed by atoms with Crippen molar-refractivity contribution < 1.29 is 14.4 Å². The lowest BCUT2D eigenvalue weighted by molar-refractivity contribution is -0.133. The van der Waals surface area contributed by atoms with Crippen LogP contribution in [-0.4, -0.2) is 20.9 Å². The zero-order chi connectivity index (χ0) is 19.0. The van der Waals surface area contributed by atoms with Crippen molar-refractivity contribution in [3.05, 3.63) is 88.5 Å². The van der Waals surface area contributed by atoms with Crippen LogP contribution in [0.5, 0.6) is 0 Å². The predicted molar refractivity (Wildman–Crippen MR) is 105 cm³/mol. The van der Waals surface area contributed by atoms with Gasteiger partial charge in [-0.1, -0.05) is 49.9 Å². The molecule has 1 aliphatic carbocycles. The van der Waals surface area contributed by atoms with Crippen LogP contribution >= 0.6 is 0 Å². The Morgan fingerprint density at radius 2 is 1.96 bits per heavy atom. The molecule has 0 fully saturated rings. The van der Waals surface area contributed by atoms with Crippen molar-refractivity contribution in [2.24, 2.45) is 0 Å². The molecule has 1 heterocycles. The average molecular weight is 381 g/mol. The SMILES string of the molecule is C.Cc1c(F)cccc1[C@]1(C(=O)NO)CCc2nn(Cc3ccccc3)cc21. The molecular weight excluding hydrogens is 357 g/mol. The molecule has 0 radical (unpaired) electrons. The Kier molecular flexibility index (Phi) is 5.34. The second-order valence-corrected chi connectivity index (χ2v) is 6.93. The maximum atomic E-state index is 14.2. The van der Waals surface area contributed by atoms with Gasteiger partial charge in [0.25, 0.3) is 5.91 Å². The largest absolute Gasteiger partial charge is 0.289 e. The molecule has 5 nitrogen and oxygen atoms in total. The molecule has 2 aromatic carbocycles. The monoisotopic (exact) mass is 381 g/mol. The molecule has 4 rings (SSSR count). The second-order valence-electron chi connectivity index (χ2n) is 6.93. The summed E-state index contributed by atoms with van der Waals surface area (Å²) in [5, 5.41) is 14.1. The molecule has 0 bridgehead atoms. The molecule has 146 valence electrons. The van der Waals surface area contributed by atoms with E-state index in [1.54, 1.807) is 29.2 Å². The number of hydrogen-bond acceptors (Lipinski definition) is 3. The molecule has 0 saturated carbocycles. The molecule has 28 heavy (non-hydrogen) atoms. The molecule has 1 amide bonds. The number of nitrogens with one attached hydrogen (secondary N) is 1. The third-order valence-electron chi connectivity index (χ3n) is 5.44. The lowest BCUT2D eigenvalue weighted by Gasteiger charge is -2.29. The van der Waals surface area contributed by atoms with Crippen molar-refractivity contribution in [3.63, 3.8) is 0 Å². The van der Waals surface area contributed by atoms with E-state index >= 15 is 0 Å². The minimum Gasteiger partial charge on any atom is -0.289 e. The molecule has 1 aliphatic rings. The zero-order valence-corrected chi connectivity index (χ0v) is 14.9. The van der Waals surface area contributed by atoms with E-state index in [1.807, 2.05) is 36.5 Å². The van der Waals surface area contributed by atoms with E-state index in [9.17, 15) is 14.4 Å². The highest BCUT2D eigenvalue weighted by molar-refractivity contribution is 5.93. The Balaban J connectivity index is 0.00000225. The van der Waals surface area contributed by atoms with Crippen LogP contribution in [0.25, 0.3) is 0 Å². The molecule has 6 heteroatoms. The van der Waals surface area contributed by atoms with Crippen molar-refractivity contribution in [1.29, 1.82) is 0 Å². The average Bonchev–Trinajstić information content (AvgIpc) is 3.23. The summed E-state index contributed by atoms with van der Waals surface area (Å²) in [5.74, 6) is -0.933. The first kappa shape index (κ1) is 19.8. The maximum absolute atomic E-state index is 14.2. The minimum absolute atomic E-state index is 0. The van der Waals surface area contributed by atoms with Gasteiger partial charge in [-0.25, -0.2) is 9.87 Å². The van der Waals surface area contributed by atoms with Gasteiger partial charge in [-0.3, -0.25) is 14.7 Å². The van der Waals surface area contributed by atoms with Crippen molar-refractivity contribution >= 4 is 5.91 Å². The van der Waals surface area contributed by atoms with Crippen LogP contribution in [0.2, 0.25) is 0 Å². The molecule has 3 aromatic rings. The molecule has 0 saturated heterocycles. The Morgan fingerprint density at radius 3 is 2.68 bits per heavy atom. The standard InChI is InChI=1S/C21H20FN3O2.CH4/c1-14-16(8-5-9-18(14)22)21(20(26)24-27)11-10-19-17(21)13-25(23-19)12-15-6-3-2-4-7-15;/h2-9,13,27H,10-12H2,1H3,(H,24,26);1H4/t21-;/m1./s1. The topological polar surface area (TPSA) is 67.2 Å². The quantitative estimate of drug-likeness (QED) is 0.534. The maximum Gasteiger partial charge on any atom is 0.258 e. The van der Waals surface area contributed by atoms with Gasteiger partial charge in [0.05, 0.1) is 12.2 Å². The Hall–Kier alpha value is -2.99. The Bertz CT molecular complexity index is 1000. The normalized spacial score (nSPS) is 17.7. The summed E-state index contributed by atoms with van der Waals surface area (Å²) in [4.78, 5) is 12.8. The lowest BCUT2D eigenvalue weighted by atomic mass is 9.74. The molecule has 1 atom stereocenters. The van der Waals surface area contributed by atoms with Crippen LogP contribution in [0.4, 0.5) is 4.39 Å². The molecular formula is C22H24FN3O2. The smallest absolute Gasteiger partial charge is 0.258 e. The summed E-state index contributed by atoms with van der Waals surface area (Å²) in [6.45, 7) is 2.23. The van der Waals surface area contributed by atoms with Crippen molar-refractivity contribution in [2.45, 2.75) is 39.2 Å². The number of carbonyl (C=O) groups excluding carboxylic acids is 1. The number of hydrogen-bond donors (Lipinski definition) is 2. The first-order valence-electron chi connectivity index (χ1n) is 8.87. The lowest BCUT2D eigenvalue weighted by Crippen LogP contribution is -2.43. The summed E-state index contributed by atoms with van der Waals surface area (Å²) in [6, 6.07) is 14.6. The van der Waals surface area contributed by atoms with Gasteiger partial charge in [-0.2, -0.15) is 5.10 Å². The molecule has 0 spiro atoms. The molecule has 0 aliphatic heterocycles. The van der Waals surface area contributed by atoms with E-state index in [-0.39, 0.29) is 13.2 Å². The first-order chi connectivity index (χ1) is 13.1. The fourth-order valence-electron chi connectivity index (χ4n) is 4.10. The first-order valence-corrected chi connectivity index (χ1v) is 8.87. The number of aryl methyl sites for hydroxylation is 1. The summed E-state index contributed by atoms with van der Waals surface area (Å²) in [7, 11) is 0. The Labute approximate surface area is 163 Å². The van der Waals surface area contributed by atoms with Crippen molar-refractivity contribution in [1.82, 2.24) is 15.3 Å². The highest BCUT2D eigenvalue weighted by Gasteiger charge is 2.49. The third kappa shape index (κ3) is 2.99. The summed E-state index contributed by atoms with van der Waals surface area (Å²) < 4.78 is 16.0. The van der Waals surface area contributed by atoms with Gasteiger partial charge in [0.1, 0.15) is 11.2 Å². The van der Waals surface area contributed by atoms with E-state index < -0.39 is 11.3 Å². The van der Waals surface area contributed by atoms with E-state index in [2.05, 4.69) is 5.10 Å². The molecule has 0 unspecified atom stereocenters. The van der Waals surface area contributed by atoms with E-state index in [0.717, 1.165) is 16.8 Å². The number of aromatic nitrogens is 2. The van der Waals surface area contributed by atoms with Crippen LogP contribution < -0.4 is 5.48 Å². The van der Waals surface area contributed by atoms with Gasteiger partial charge in [-0.15, -0.1) is 0 Å². The van der Waals surface area contributed by atoms with E-state index in [1.165, 1.54) is 6.07 Å².